The van der Waals surface area contributed by atoms with E-state index >= 15 is 0 Å². The van der Waals surface area contributed by atoms with Gasteiger partial charge >= 0.3 is 0 Å². The van der Waals surface area contributed by atoms with Crippen LogP contribution >= 0.6 is 0 Å². The number of para-hydroxylation sites is 1. The maximum absolute atomic E-state index is 12.8. The van der Waals surface area contributed by atoms with Gasteiger partial charge in [-0.3, -0.25) is 4.79 Å². The predicted molar refractivity (Wildman–Crippen MR) is 160 cm³/mol. The third kappa shape index (κ3) is 6.68. The molecule has 4 N–H and O–H groups in total. The van der Waals surface area contributed by atoms with Gasteiger partial charge in [-0.1, -0.05) is 36.4 Å². The number of carbonyl (C=O) groups excluding carboxylic acids is 1. The van der Waals surface area contributed by atoms with E-state index in [1.165, 1.54) is 0 Å². The van der Waals surface area contributed by atoms with E-state index < -0.39 is 0 Å². The summed E-state index contributed by atoms with van der Waals surface area (Å²) in [5.74, 6) is 0.488. The van der Waals surface area contributed by atoms with E-state index in [0.29, 0.717) is 17.1 Å². The topological polar surface area (TPSA) is 98.0 Å². The lowest BCUT2D eigenvalue weighted by Gasteiger charge is -2.10. The number of rotatable bonds is 10. The Bertz CT molecular complexity index is 1590. The minimum atomic E-state index is -0.173. The molecule has 3 aromatic carbocycles. The molecule has 1 amide bonds. The number of carbonyl (C=O) groups is 1. The van der Waals surface area contributed by atoms with Crippen molar-refractivity contribution in [2.45, 2.75) is 0 Å². The molecule has 0 fully saturated rings. The molecule has 0 bridgehead atoms. The summed E-state index contributed by atoms with van der Waals surface area (Å²) in [4.78, 5) is 27.1. The minimum Gasteiger partial charge on any atom is -0.382 e. The highest BCUT2D eigenvalue weighted by Gasteiger charge is 2.10. The fraction of sp³-hybridized carbons (Fsp3) is 0.129. The van der Waals surface area contributed by atoms with Crippen LogP contribution < -0.4 is 16.0 Å². The van der Waals surface area contributed by atoms with Crippen LogP contribution in [0.1, 0.15) is 10.4 Å². The number of amides is 1. The lowest BCUT2D eigenvalue weighted by Crippen LogP contribution is -2.12. The molecule has 39 heavy (non-hydrogen) atoms. The summed E-state index contributed by atoms with van der Waals surface area (Å²) in [6.45, 7) is 1.64. The highest BCUT2D eigenvalue weighted by atomic mass is 16.1. The van der Waals surface area contributed by atoms with Crippen molar-refractivity contribution in [3.63, 3.8) is 0 Å². The number of likely N-dealkylation sites (N-methyl/N-ethyl adjacent to an activating group) is 1. The highest BCUT2D eigenvalue weighted by Crippen LogP contribution is 2.28. The average Bonchev–Trinajstić information content (AvgIpc) is 3.38. The first-order valence-electron chi connectivity index (χ1n) is 12.8. The number of aromatic amines is 1. The third-order valence-electron chi connectivity index (χ3n) is 6.13. The van der Waals surface area contributed by atoms with Gasteiger partial charge in [-0.2, -0.15) is 0 Å². The Morgan fingerprint density at radius 2 is 1.72 bits per heavy atom. The van der Waals surface area contributed by atoms with Gasteiger partial charge in [0.2, 0.25) is 0 Å². The highest BCUT2D eigenvalue weighted by molar-refractivity contribution is 6.04. The molecule has 0 spiro atoms. The second kappa shape index (κ2) is 12.1. The fourth-order valence-electron chi connectivity index (χ4n) is 4.17. The first-order chi connectivity index (χ1) is 19.0. The third-order valence-corrected chi connectivity index (χ3v) is 6.13. The van der Waals surface area contributed by atoms with Crippen LogP contribution in [0.3, 0.4) is 0 Å². The standard InChI is InChI=1S/C31H31N7O/c1-38(2)17-6-5-16-32-23-14-12-22(13-15-23)31(39)37-25-9-7-8-24(18-25)36-30-19-29(34-21-35-30)27-20-33-28-11-4-3-10-26(27)28/h3-15,18-21,32-33H,16-17H2,1-2H3,(H,37,39)(H,34,35,36)/b6-5-. The van der Waals surface area contributed by atoms with Crippen molar-refractivity contribution in [2.24, 2.45) is 0 Å². The van der Waals surface area contributed by atoms with Crippen molar-refractivity contribution in [1.82, 2.24) is 19.9 Å². The van der Waals surface area contributed by atoms with Crippen LogP contribution in [0.4, 0.5) is 22.9 Å². The zero-order chi connectivity index (χ0) is 27.0. The van der Waals surface area contributed by atoms with E-state index in [2.05, 4.69) is 54.0 Å². The number of aromatic nitrogens is 3. The van der Waals surface area contributed by atoms with Gasteiger partial charge in [0, 0.05) is 64.4 Å². The maximum Gasteiger partial charge on any atom is 0.255 e. The number of nitrogens with one attached hydrogen (secondary N) is 4. The summed E-state index contributed by atoms with van der Waals surface area (Å²) >= 11 is 0. The summed E-state index contributed by atoms with van der Waals surface area (Å²) in [5.41, 5.74) is 5.92. The van der Waals surface area contributed by atoms with Gasteiger partial charge in [-0.15, -0.1) is 0 Å². The van der Waals surface area contributed by atoms with E-state index in [-0.39, 0.29) is 5.91 Å². The zero-order valence-corrected chi connectivity index (χ0v) is 22.0. The van der Waals surface area contributed by atoms with Crippen LogP contribution in [-0.2, 0) is 0 Å². The lowest BCUT2D eigenvalue weighted by atomic mass is 10.1. The second-order valence-corrected chi connectivity index (χ2v) is 9.39. The number of fused-ring (bicyclic) bond motifs is 1. The van der Waals surface area contributed by atoms with Crippen molar-refractivity contribution in [1.29, 1.82) is 0 Å². The molecule has 5 aromatic rings. The maximum atomic E-state index is 12.8. The molecule has 8 heteroatoms. The van der Waals surface area contributed by atoms with Crippen molar-refractivity contribution in [3.05, 3.63) is 109 Å². The molecule has 0 saturated heterocycles. The number of anilines is 4. The van der Waals surface area contributed by atoms with Crippen LogP contribution in [0.25, 0.3) is 22.2 Å². The molecule has 0 radical (unpaired) electrons. The normalized spacial score (nSPS) is 11.3. The number of H-pyrrole nitrogens is 1. The molecule has 196 valence electrons. The first kappa shape index (κ1) is 25.7. The van der Waals surface area contributed by atoms with E-state index in [1.54, 1.807) is 6.33 Å². The van der Waals surface area contributed by atoms with E-state index in [4.69, 9.17) is 0 Å². The summed E-state index contributed by atoms with van der Waals surface area (Å²) in [7, 11) is 4.07. The summed E-state index contributed by atoms with van der Waals surface area (Å²) in [5, 5.41) is 10.7. The van der Waals surface area contributed by atoms with Crippen LogP contribution in [0, 0.1) is 0 Å². The molecule has 2 heterocycles. The minimum absolute atomic E-state index is 0.173. The monoisotopic (exact) mass is 517 g/mol. The molecular formula is C31H31N7O. The Balaban J connectivity index is 1.21. The molecule has 0 atom stereocenters. The fourth-order valence-corrected chi connectivity index (χ4v) is 4.17. The van der Waals surface area contributed by atoms with E-state index in [1.807, 2.05) is 93.1 Å². The quantitative estimate of drug-likeness (QED) is 0.166. The van der Waals surface area contributed by atoms with E-state index in [9.17, 15) is 4.79 Å². The van der Waals surface area contributed by atoms with Gasteiger partial charge in [0.15, 0.2) is 0 Å². The lowest BCUT2D eigenvalue weighted by molar-refractivity contribution is 0.102. The Labute approximate surface area is 227 Å². The molecule has 5 rings (SSSR count). The summed E-state index contributed by atoms with van der Waals surface area (Å²) in [6, 6.07) is 25.0. The van der Waals surface area contributed by atoms with Crippen molar-refractivity contribution in [2.75, 3.05) is 43.1 Å². The summed E-state index contributed by atoms with van der Waals surface area (Å²) in [6.07, 6.45) is 7.71. The molecule has 8 nitrogen and oxygen atoms in total. The Hall–Kier alpha value is -4.95. The Kier molecular flexibility index (Phi) is 7.95. The number of hydrogen-bond donors (Lipinski definition) is 4. The zero-order valence-electron chi connectivity index (χ0n) is 22.0. The SMILES string of the molecule is CN(C)C/C=C\CNc1ccc(C(=O)Nc2cccc(Nc3cc(-c4c[nH]c5ccccc45)ncn3)c2)cc1. The smallest absolute Gasteiger partial charge is 0.255 e. The van der Waals surface area contributed by atoms with Gasteiger partial charge in [-0.25, -0.2) is 9.97 Å². The van der Waals surface area contributed by atoms with Gasteiger partial charge in [0.25, 0.3) is 5.91 Å². The number of benzene rings is 3. The summed E-state index contributed by atoms with van der Waals surface area (Å²) < 4.78 is 0. The molecule has 0 aliphatic rings. The van der Waals surface area contributed by atoms with Gasteiger partial charge in [0.1, 0.15) is 12.1 Å². The largest absolute Gasteiger partial charge is 0.382 e. The van der Waals surface area contributed by atoms with Crippen LogP contribution in [0.15, 0.2) is 104 Å². The molecule has 0 unspecified atom stereocenters. The molecule has 0 aliphatic carbocycles. The molecule has 0 aliphatic heterocycles. The Morgan fingerprint density at radius 3 is 2.56 bits per heavy atom. The van der Waals surface area contributed by atoms with Crippen LogP contribution in [0.5, 0.6) is 0 Å². The van der Waals surface area contributed by atoms with Crippen LogP contribution in [0.2, 0.25) is 0 Å². The molecule has 0 saturated carbocycles. The predicted octanol–water partition coefficient (Wildman–Crippen LogP) is 6.15. The number of hydrogen-bond acceptors (Lipinski definition) is 6. The van der Waals surface area contributed by atoms with Crippen molar-refractivity contribution < 1.29 is 4.79 Å². The van der Waals surface area contributed by atoms with Crippen molar-refractivity contribution in [3.8, 4) is 11.3 Å². The number of nitrogens with zero attached hydrogens (tertiary/aromatic N) is 3. The van der Waals surface area contributed by atoms with Crippen molar-refractivity contribution >= 4 is 39.7 Å². The molecular weight excluding hydrogens is 486 g/mol. The van der Waals surface area contributed by atoms with Gasteiger partial charge < -0.3 is 25.8 Å². The van der Waals surface area contributed by atoms with E-state index in [0.717, 1.165) is 46.6 Å². The van der Waals surface area contributed by atoms with Crippen LogP contribution in [-0.4, -0.2) is 52.9 Å². The van der Waals surface area contributed by atoms with Gasteiger partial charge in [0.05, 0.1) is 5.69 Å². The first-order valence-corrected chi connectivity index (χ1v) is 12.8. The Morgan fingerprint density at radius 1 is 0.897 bits per heavy atom. The average molecular weight is 518 g/mol. The molecule has 2 aromatic heterocycles. The van der Waals surface area contributed by atoms with Gasteiger partial charge in [-0.05, 0) is 62.6 Å². The second-order valence-electron chi connectivity index (χ2n) is 9.39.